The van der Waals surface area contributed by atoms with Crippen molar-refractivity contribution in [2.45, 2.75) is 6.92 Å². The lowest BCUT2D eigenvalue weighted by atomic mass is 10.3. The highest BCUT2D eigenvalue weighted by atomic mass is 16.4. The summed E-state index contributed by atoms with van der Waals surface area (Å²) in [5.41, 5.74) is -0.660. The zero-order chi connectivity index (χ0) is 8.85. The Hall–Kier alpha value is -1.52. The van der Waals surface area contributed by atoms with E-state index in [9.17, 15) is 9.59 Å². The molecule has 0 bridgehead atoms. The van der Waals surface area contributed by atoms with Gasteiger partial charge < -0.3 is 15.5 Å². The number of carboxylic acid groups (broad SMARTS) is 2. The van der Waals surface area contributed by atoms with Gasteiger partial charge in [-0.05, 0) is 6.92 Å². The van der Waals surface area contributed by atoms with Crippen molar-refractivity contribution in [3.63, 3.8) is 0 Å². The first kappa shape index (κ1) is 9.48. The van der Waals surface area contributed by atoms with Crippen molar-refractivity contribution in [2.24, 2.45) is 0 Å². The fraction of sp³-hybridized carbons (Fsp3) is 0.333. The average Bonchev–Trinajstić information content (AvgIpc) is 1.87. The van der Waals surface area contributed by atoms with Crippen LogP contribution in [-0.4, -0.2) is 28.7 Å². The fourth-order valence-electron chi connectivity index (χ4n) is 0.419. The molecule has 0 aromatic heterocycles. The van der Waals surface area contributed by atoms with E-state index >= 15 is 0 Å². The second-order valence-corrected chi connectivity index (χ2v) is 1.73. The second-order valence-electron chi connectivity index (χ2n) is 1.73. The third-order valence-corrected chi connectivity index (χ3v) is 0.911. The Labute approximate surface area is 63.3 Å². The van der Waals surface area contributed by atoms with E-state index in [0.29, 0.717) is 6.54 Å². The molecule has 0 unspecified atom stereocenters. The van der Waals surface area contributed by atoms with Gasteiger partial charge in [-0.3, -0.25) is 0 Å². The van der Waals surface area contributed by atoms with Gasteiger partial charge in [0.15, 0.2) is 5.57 Å². The van der Waals surface area contributed by atoms with Gasteiger partial charge in [0.1, 0.15) is 0 Å². The molecule has 0 saturated carbocycles. The molecule has 62 valence electrons. The van der Waals surface area contributed by atoms with Gasteiger partial charge in [-0.1, -0.05) is 0 Å². The summed E-state index contributed by atoms with van der Waals surface area (Å²) in [6.45, 7) is 2.22. The Morgan fingerprint density at radius 1 is 1.36 bits per heavy atom. The lowest BCUT2D eigenvalue weighted by molar-refractivity contribution is -0.140. The van der Waals surface area contributed by atoms with Gasteiger partial charge in [0.2, 0.25) is 0 Å². The Morgan fingerprint density at radius 3 is 2.09 bits per heavy atom. The molecule has 0 aliphatic rings. The number of aliphatic carboxylic acids is 2. The number of carboxylic acids is 2. The van der Waals surface area contributed by atoms with Gasteiger partial charge in [-0.25, -0.2) is 9.59 Å². The largest absolute Gasteiger partial charge is 0.477 e. The van der Waals surface area contributed by atoms with Crippen LogP contribution in [-0.2, 0) is 9.59 Å². The number of nitrogens with one attached hydrogen (secondary N) is 1. The van der Waals surface area contributed by atoms with Gasteiger partial charge in [-0.15, -0.1) is 0 Å². The van der Waals surface area contributed by atoms with E-state index in [1.165, 1.54) is 0 Å². The monoisotopic (exact) mass is 159 g/mol. The van der Waals surface area contributed by atoms with Gasteiger partial charge in [0, 0.05) is 12.7 Å². The molecule has 0 heterocycles. The summed E-state index contributed by atoms with van der Waals surface area (Å²) < 4.78 is 0. The molecule has 0 aromatic carbocycles. The minimum absolute atomic E-state index is 0.490. The summed E-state index contributed by atoms with van der Waals surface area (Å²) in [5, 5.41) is 19.0. The predicted octanol–water partition coefficient (Wildman–Crippen LogP) is -0.351. The van der Waals surface area contributed by atoms with E-state index in [4.69, 9.17) is 10.2 Å². The summed E-state index contributed by atoms with van der Waals surface area (Å²) in [5.74, 6) is -2.89. The third kappa shape index (κ3) is 3.24. The molecule has 0 saturated heterocycles. The first-order chi connectivity index (χ1) is 5.09. The summed E-state index contributed by atoms with van der Waals surface area (Å²) in [7, 11) is 0. The van der Waals surface area contributed by atoms with Crippen molar-refractivity contribution in [1.82, 2.24) is 5.32 Å². The van der Waals surface area contributed by atoms with Crippen LogP contribution >= 0.6 is 0 Å². The first-order valence-electron chi connectivity index (χ1n) is 2.99. The van der Waals surface area contributed by atoms with Gasteiger partial charge in [-0.2, -0.15) is 0 Å². The van der Waals surface area contributed by atoms with Gasteiger partial charge in [0.05, 0.1) is 0 Å². The molecule has 0 fully saturated rings. The topological polar surface area (TPSA) is 86.6 Å². The van der Waals surface area contributed by atoms with E-state index in [1.807, 2.05) is 0 Å². The van der Waals surface area contributed by atoms with Crippen molar-refractivity contribution in [3.8, 4) is 0 Å². The fourth-order valence-corrected chi connectivity index (χ4v) is 0.419. The summed E-state index contributed by atoms with van der Waals surface area (Å²) in [6, 6.07) is 0. The van der Waals surface area contributed by atoms with Crippen LogP contribution in [0.1, 0.15) is 6.92 Å². The quantitative estimate of drug-likeness (QED) is 0.296. The van der Waals surface area contributed by atoms with Crippen LogP contribution in [0.2, 0.25) is 0 Å². The maximum absolute atomic E-state index is 10.2. The third-order valence-electron chi connectivity index (χ3n) is 0.911. The molecule has 0 rings (SSSR count). The minimum Gasteiger partial charge on any atom is -0.477 e. The summed E-state index contributed by atoms with van der Waals surface area (Å²) in [6.07, 6.45) is 0.963. The van der Waals surface area contributed by atoms with Crippen LogP contribution in [0.25, 0.3) is 0 Å². The van der Waals surface area contributed by atoms with Gasteiger partial charge >= 0.3 is 11.9 Å². The molecule has 0 amide bonds. The van der Waals surface area contributed by atoms with E-state index in [0.717, 1.165) is 6.20 Å². The van der Waals surface area contributed by atoms with E-state index in [-0.39, 0.29) is 0 Å². The Kier molecular flexibility index (Phi) is 3.72. The molecule has 0 atom stereocenters. The first-order valence-corrected chi connectivity index (χ1v) is 2.99. The molecule has 5 nitrogen and oxygen atoms in total. The SMILES string of the molecule is CCNC=C(C(=O)O)C(=O)O. The van der Waals surface area contributed by atoms with Crippen molar-refractivity contribution in [1.29, 1.82) is 0 Å². The van der Waals surface area contributed by atoms with Crippen LogP contribution in [0.15, 0.2) is 11.8 Å². The molecule has 11 heavy (non-hydrogen) atoms. The zero-order valence-electron chi connectivity index (χ0n) is 6.00. The maximum Gasteiger partial charge on any atom is 0.344 e. The van der Waals surface area contributed by atoms with Crippen molar-refractivity contribution in [3.05, 3.63) is 11.8 Å². The smallest absolute Gasteiger partial charge is 0.344 e. The van der Waals surface area contributed by atoms with Crippen LogP contribution in [0.3, 0.4) is 0 Å². The van der Waals surface area contributed by atoms with Crippen molar-refractivity contribution in [2.75, 3.05) is 6.54 Å². The minimum atomic E-state index is -1.45. The Balaban J connectivity index is 4.33. The molecule has 0 aromatic rings. The lowest BCUT2D eigenvalue weighted by Gasteiger charge is -1.95. The maximum atomic E-state index is 10.2. The summed E-state index contributed by atoms with van der Waals surface area (Å²) in [4.78, 5) is 20.3. The Bertz CT molecular complexity index is 181. The van der Waals surface area contributed by atoms with Gasteiger partial charge in [0.25, 0.3) is 0 Å². The molecule has 0 aliphatic heterocycles. The number of carbonyl (C=O) groups is 2. The zero-order valence-corrected chi connectivity index (χ0v) is 6.00. The van der Waals surface area contributed by atoms with Crippen LogP contribution in [0.5, 0.6) is 0 Å². The number of hydrogen-bond donors (Lipinski definition) is 3. The van der Waals surface area contributed by atoms with E-state index in [1.54, 1.807) is 6.92 Å². The highest BCUT2D eigenvalue weighted by molar-refractivity contribution is 6.12. The number of hydrogen-bond acceptors (Lipinski definition) is 3. The second kappa shape index (κ2) is 4.32. The van der Waals surface area contributed by atoms with Crippen molar-refractivity contribution >= 4 is 11.9 Å². The van der Waals surface area contributed by atoms with E-state index < -0.39 is 17.5 Å². The predicted molar refractivity (Wildman–Crippen MR) is 37.0 cm³/mol. The normalized spacial score (nSPS) is 8.45. The van der Waals surface area contributed by atoms with E-state index in [2.05, 4.69) is 5.32 Å². The summed E-state index contributed by atoms with van der Waals surface area (Å²) >= 11 is 0. The van der Waals surface area contributed by atoms with Crippen LogP contribution in [0.4, 0.5) is 0 Å². The Morgan fingerprint density at radius 2 is 1.82 bits per heavy atom. The average molecular weight is 159 g/mol. The molecule has 0 spiro atoms. The molecule has 0 radical (unpaired) electrons. The molecule has 3 N–H and O–H groups in total. The highest BCUT2D eigenvalue weighted by Crippen LogP contribution is 1.91. The number of rotatable bonds is 4. The van der Waals surface area contributed by atoms with Crippen LogP contribution in [0, 0.1) is 0 Å². The molecular formula is C6H9NO4. The highest BCUT2D eigenvalue weighted by Gasteiger charge is 2.14. The molecule has 0 aliphatic carbocycles. The standard InChI is InChI=1S/C6H9NO4/c1-2-7-3-4(5(8)9)6(10)11/h3,7H,2H2,1H3,(H,8,9)(H,10,11). The molecule has 5 heteroatoms. The van der Waals surface area contributed by atoms with Crippen LogP contribution < -0.4 is 5.32 Å². The van der Waals surface area contributed by atoms with Crippen molar-refractivity contribution < 1.29 is 19.8 Å². The molecular weight excluding hydrogens is 150 g/mol. The lowest BCUT2D eigenvalue weighted by Crippen LogP contribution is -2.15.